The summed E-state index contributed by atoms with van der Waals surface area (Å²) in [6.07, 6.45) is 1.76. The number of hydrogen-bond donors (Lipinski definition) is 1. The van der Waals surface area contributed by atoms with Crippen molar-refractivity contribution < 1.29 is 9.59 Å². The minimum absolute atomic E-state index is 0.0113. The molecule has 0 radical (unpaired) electrons. The Balaban J connectivity index is 1.56. The molecular formula is C20H22N2O2. The van der Waals surface area contributed by atoms with Crippen LogP contribution < -0.4 is 5.32 Å². The van der Waals surface area contributed by atoms with Crippen LogP contribution in [-0.4, -0.2) is 35.7 Å². The first kappa shape index (κ1) is 16.4. The highest BCUT2D eigenvalue weighted by atomic mass is 16.2. The number of hydrogen-bond acceptors (Lipinski definition) is 3. The van der Waals surface area contributed by atoms with Crippen molar-refractivity contribution in [2.45, 2.75) is 25.4 Å². The normalized spacial score (nSPS) is 17.6. The molecule has 3 rings (SSSR count). The average Bonchev–Trinajstić information content (AvgIpc) is 3.09. The van der Waals surface area contributed by atoms with E-state index in [2.05, 4.69) is 5.32 Å². The molecule has 1 aliphatic rings. The lowest BCUT2D eigenvalue weighted by atomic mass is 10.1. The second kappa shape index (κ2) is 7.88. The van der Waals surface area contributed by atoms with Gasteiger partial charge in [0.25, 0.3) is 0 Å². The average molecular weight is 322 g/mol. The molecule has 0 unspecified atom stereocenters. The van der Waals surface area contributed by atoms with E-state index in [9.17, 15) is 9.59 Å². The number of likely N-dealkylation sites (tertiary alicyclic amines) is 1. The summed E-state index contributed by atoms with van der Waals surface area (Å²) < 4.78 is 0. The van der Waals surface area contributed by atoms with Crippen LogP contribution in [0, 0.1) is 0 Å². The van der Waals surface area contributed by atoms with E-state index in [0.29, 0.717) is 18.7 Å². The number of carbonyl (C=O) groups excluding carboxylic acids is 2. The molecular weight excluding hydrogens is 300 g/mol. The van der Waals surface area contributed by atoms with Gasteiger partial charge in [-0.15, -0.1) is 0 Å². The predicted octanol–water partition coefficient (Wildman–Crippen LogP) is 2.65. The van der Waals surface area contributed by atoms with Crippen LogP contribution in [0.5, 0.6) is 0 Å². The first-order chi connectivity index (χ1) is 11.7. The van der Waals surface area contributed by atoms with E-state index in [4.69, 9.17) is 0 Å². The largest absolute Gasteiger partial charge is 0.351 e. The molecule has 4 nitrogen and oxygen atoms in total. The van der Waals surface area contributed by atoms with Crippen molar-refractivity contribution in [3.05, 3.63) is 71.8 Å². The molecule has 124 valence electrons. The molecule has 0 spiro atoms. The number of carbonyl (C=O) groups is 2. The standard InChI is InChI=1S/C20H22N2O2/c23-19(17-10-5-2-6-11-17)15-22-13-7-12-18(22)20(24)21-14-16-8-3-1-4-9-16/h1-6,8-11,18H,7,12-15H2,(H,21,24)/t18-/m0/s1. The van der Waals surface area contributed by atoms with Gasteiger partial charge in [0.15, 0.2) is 5.78 Å². The highest BCUT2D eigenvalue weighted by molar-refractivity contribution is 5.98. The summed E-state index contributed by atoms with van der Waals surface area (Å²) in [5, 5.41) is 2.99. The van der Waals surface area contributed by atoms with Crippen LogP contribution in [-0.2, 0) is 11.3 Å². The van der Waals surface area contributed by atoms with Crippen LogP contribution in [0.4, 0.5) is 0 Å². The molecule has 2 aromatic carbocycles. The van der Waals surface area contributed by atoms with Crippen LogP contribution in [0.1, 0.15) is 28.8 Å². The lowest BCUT2D eigenvalue weighted by molar-refractivity contribution is -0.125. The van der Waals surface area contributed by atoms with Gasteiger partial charge in [-0.3, -0.25) is 14.5 Å². The molecule has 1 N–H and O–H groups in total. The molecule has 1 amide bonds. The smallest absolute Gasteiger partial charge is 0.237 e. The van der Waals surface area contributed by atoms with Gasteiger partial charge in [-0.2, -0.15) is 0 Å². The van der Waals surface area contributed by atoms with E-state index in [1.165, 1.54) is 0 Å². The number of Topliss-reactive ketones (excluding diaryl/α,β-unsaturated/α-hetero) is 1. The summed E-state index contributed by atoms with van der Waals surface area (Å²) in [5.74, 6) is 0.0792. The molecule has 1 aliphatic heterocycles. The van der Waals surface area contributed by atoms with Gasteiger partial charge < -0.3 is 5.32 Å². The van der Waals surface area contributed by atoms with Gasteiger partial charge in [-0.05, 0) is 24.9 Å². The van der Waals surface area contributed by atoms with Crippen LogP contribution >= 0.6 is 0 Å². The lowest BCUT2D eigenvalue weighted by Gasteiger charge is -2.23. The molecule has 1 fully saturated rings. The number of amides is 1. The maximum atomic E-state index is 12.5. The van der Waals surface area contributed by atoms with Crippen molar-refractivity contribution in [2.75, 3.05) is 13.1 Å². The van der Waals surface area contributed by atoms with Gasteiger partial charge >= 0.3 is 0 Å². The number of nitrogens with one attached hydrogen (secondary N) is 1. The van der Waals surface area contributed by atoms with Crippen LogP contribution in [0.15, 0.2) is 60.7 Å². The molecule has 1 atom stereocenters. The second-order valence-electron chi connectivity index (χ2n) is 6.12. The maximum Gasteiger partial charge on any atom is 0.237 e. The summed E-state index contributed by atoms with van der Waals surface area (Å²) in [6.45, 7) is 1.62. The van der Waals surface area contributed by atoms with Gasteiger partial charge in [0.05, 0.1) is 12.6 Å². The monoisotopic (exact) mass is 322 g/mol. The molecule has 4 heteroatoms. The van der Waals surface area contributed by atoms with E-state index in [0.717, 1.165) is 24.9 Å². The molecule has 0 saturated carbocycles. The third-order valence-corrected chi connectivity index (χ3v) is 4.42. The van der Waals surface area contributed by atoms with Crippen molar-refractivity contribution in [1.82, 2.24) is 10.2 Å². The summed E-state index contributed by atoms with van der Waals surface area (Å²) >= 11 is 0. The van der Waals surface area contributed by atoms with E-state index in [-0.39, 0.29) is 17.7 Å². The Kier molecular flexibility index (Phi) is 5.39. The van der Waals surface area contributed by atoms with Gasteiger partial charge in [0.1, 0.15) is 0 Å². The molecule has 1 saturated heterocycles. The predicted molar refractivity (Wildman–Crippen MR) is 93.7 cm³/mol. The Morgan fingerprint density at radius 1 is 1.00 bits per heavy atom. The topological polar surface area (TPSA) is 49.4 Å². The molecule has 0 aromatic heterocycles. The summed E-state index contributed by atoms with van der Waals surface area (Å²) in [4.78, 5) is 26.9. The summed E-state index contributed by atoms with van der Waals surface area (Å²) in [6, 6.07) is 18.9. The van der Waals surface area contributed by atoms with Crippen molar-refractivity contribution in [2.24, 2.45) is 0 Å². The Morgan fingerprint density at radius 3 is 2.38 bits per heavy atom. The third kappa shape index (κ3) is 4.09. The van der Waals surface area contributed by atoms with Gasteiger partial charge in [-0.1, -0.05) is 60.7 Å². The minimum atomic E-state index is -0.207. The van der Waals surface area contributed by atoms with Crippen molar-refractivity contribution in [1.29, 1.82) is 0 Å². The lowest BCUT2D eigenvalue weighted by Crippen LogP contribution is -2.44. The van der Waals surface area contributed by atoms with Gasteiger partial charge in [-0.25, -0.2) is 0 Å². The van der Waals surface area contributed by atoms with Crippen molar-refractivity contribution in [3.8, 4) is 0 Å². The second-order valence-corrected chi connectivity index (χ2v) is 6.12. The van der Waals surface area contributed by atoms with E-state index in [1.807, 2.05) is 65.6 Å². The highest BCUT2D eigenvalue weighted by Gasteiger charge is 2.31. The molecule has 1 heterocycles. The van der Waals surface area contributed by atoms with Crippen molar-refractivity contribution >= 4 is 11.7 Å². The van der Waals surface area contributed by atoms with E-state index < -0.39 is 0 Å². The molecule has 0 aliphatic carbocycles. The zero-order valence-electron chi connectivity index (χ0n) is 13.7. The fourth-order valence-electron chi connectivity index (χ4n) is 3.11. The SMILES string of the molecule is O=C(CN1CCC[C@H]1C(=O)NCc1ccccc1)c1ccccc1. The van der Waals surface area contributed by atoms with Crippen LogP contribution in [0.2, 0.25) is 0 Å². The first-order valence-electron chi connectivity index (χ1n) is 8.38. The maximum absolute atomic E-state index is 12.5. The highest BCUT2D eigenvalue weighted by Crippen LogP contribution is 2.18. The Hall–Kier alpha value is -2.46. The molecule has 0 bridgehead atoms. The minimum Gasteiger partial charge on any atom is -0.351 e. The number of benzene rings is 2. The van der Waals surface area contributed by atoms with Crippen LogP contribution in [0.3, 0.4) is 0 Å². The van der Waals surface area contributed by atoms with Gasteiger partial charge in [0, 0.05) is 12.1 Å². The molecule has 24 heavy (non-hydrogen) atoms. The Morgan fingerprint density at radius 2 is 1.67 bits per heavy atom. The Labute approximate surface area is 142 Å². The quantitative estimate of drug-likeness (QED) is 0.832. The summed E-state index contributed by atoms with van der Waals surface area (Å²) in [7, 11) is 0. The molecule has 2 aromatic rings. The van der Waals surface area contributed by atoms with Crippen molar-refractivity contribution in [3.63, 3.8) is 0 Å². The van der Waals surface area contributed by atoms with Crippen LogP contribution in [0.25, 0.3) is 0 Å². The van der Waals surface area contributed by atoms with Gasteiger partial charge in [0.2, 0.25) is 5.91 Å². The first-order valence-corrected chi connectivity index (χ1v) is 8.38. The third-order valence-electron chi connectivity index (χ3n) is 4.42. The zero-order chi connectivity index (χ0) is 16.8. The summed E-state index contributed by atoms with van der Waals surface area (Å²) in [5.41, 5.74) is 1.78. The number of nitrogens with zero attached hydrogens (tertiary/aromatic N) is 1. The Bertz CT molecular complexity index is 685. The number of ketones is 1. The fraction of sp³-hybridized carbons (Fsp3) is 0.300. The zero-order valence-corrected chi connectivity index (χ0v) is 13.7. The van der Waals surface area contributed by atoms with E-state index >= 15 is 0 Å². The van der Waals surface area contributed by atoms with E-state index in [1.54, 1.807) is 0 Å². The number of rotatable bonds is 6. The fourth-order valence-corrected chi connectivity index (χ4v) is 3.11.